The molecular weight excluding hydrogens is 324 g/mol. The van der Waals surface area contributed by atoms with E-state index in [-0.39, 0.29) is 18.6 Å². The van der Waals surface area contributed by atoms with Gasteiger partial charge in [0.15, 0.2) is 0 Å². The molecule has 0 aliphatic heterocycles. The maximum atomic E-state index is 12.9. The van der Waals surface area contributed by atoms with Crippen molar-refractivity contribution in [1.82, 2.24) is 9.88 Å². The largest absolute Gasteiger partial charge is 0.394 e. The van der Waals surface area contributed by atoms with Gasteiger partial charge in [0.2, 0.25) is 0 Å². The Morgan fingerprint density at radius 2 is 1.77 bits per heavy atom. The van der Waals surface area contributed by atoms with E-state index in [4.69, 9.17) is 0 Å². The van der Waals surface area contributed by atoms with Gasteiger partial charge < -0.3 is 15.0 Å². The Balaban J connectivity index is 1.89. The van der Waals surface area contributed by atoms with Crippen LogP contribution >= 0.6 is 0 Å². The number of aliphatic hydroxyl groups excluding tert-OH is 1. The minimum Gasteiger partial charge on any atom is -0.394 e. The Bertz CT molecular complexity index is 897. The molecule has 1 heterocycles. The average Bonchev–Trinajstić information content (AvgIpc) is 2.86. The standard InChI is InChI=1S/C22H26N2O2/c1-14-10-19-16(3)21(24(4)20(19)11-15(14)2)22(26)23-18(13-25)12-17-8-6-5-7-9-17/h5-11,18,25H,12-13H2,1-4H3,(H,23,26). The van der Waals surface area contributed by atoms with Crippen molar-refractivity contribution in [1.29, 1.82) is 0 Å². The summed E-state index contributed by atoms with van der Waals surface area (Å²) < 4.78 is 1.95. The first-order valence-electron chi connectivity index (χ1n) is 8.94. The summed E-state index contributed by atoms with van der Waals surface area (Å²) in [4.78, 5) is 12.9. The highest BCUT2D eigenvalue weighted by Gasteiger charge is 2.21. The lowest BCUT2D eigenvalue weighted by Gasteiger charge is -2.17. The van der Waals surface area contributed by atoms with E-state index in [0.717, 1.165) is 22.0 Å². The fourth-order valence-electron chi connectivity index (χ4n) is 3.51. The Labute approximate surface area is 154 Å². The van der Waals surface area contributed by atoms with Crippen LogP contribution in [0.2, 0.25) is 0 Å². The molecular formula is C22H26N2O2. The number of fused-ring (bicyclic) bond motifs is 1. The lowest BCUT2D eigenvalue weighted by Crippen LogP contribution is -2.40. The number of carbonyl (C=O) groups is 1. The van der Waals surface area contributed by atoms with E-state index >= 15 is 0 Å². The summed E-state index contributed by atoms with van der Waals surface area (Å²) in [6.45, 7) is 6.06. The first-order chi connectivity index (χ1) is 12.4. The number of aliphatic hydroxyl groups is 1. The van der Waals surface area contributed by atoms with Crippen LogP contribution in [0.4, 0.5) is 0 Å². The Kier molecular flexibility index (Phi) is 5.14. The van der Waals surface area contributed by atoms with Gasteiger partial charge in [-0.2, -0.15) is 0 Å². The lowest BCUT2D eigenvalue weighted by atomic mass is 10.0. The van der Waals surface area contributed by atoms with E-state index in [2.05, 4.69) is 31.3 Å². The highest BCUT2D eigenvalue weighted by atomic mass is 16.3. The van der Waals surface area contributed by atoms with Crippen LogP contribution in [-0.2, 0) is 13.5 Å². The molecule has 0 aliphatic rings. The number of rotatable bonds is 5. The molecule has 2 N–H and O–H groups in total. The molecule has 3 rings (SSSR count). The molecule has 0 radical (unpaired) electrons. The van der Waals surface area contributed by atoms with Crippen molar-refractivity contribution >= 4 is 16.8 Å². The number of aromatic nitrogens is 1. The summed E-state index contributed by atoms with van der Waals surface area (Å²) in [6.07, 6.45) is 0.601. The van der Waals surface area contributed by atoms with Crippen LogP contribution in [0.25, 0.3) is 10.9 Å². The van der Waals surface area contributed by atoms with E-state index < -0.39 is 0 Å². The zero-order valence-corrected chi connectivity index (χ0v) is 15.8. The SMILES string of the molecule is Cc1cc2c(C)c(C(=O)NC(CO)Cc3ccccc3)n(C)c2cc1C. The topological polar surface area (TPSA) is 54.3 Å². The minimum absolute atomic E-state index is 0.0954. The first-order valence-corrected chi connectivity index (χ1v) is 8.94. The van der Waals surface area contributed by atoms with Crippen LogP contribution in [0.3, 0.4) is 0 Å². The van der Waals surface area contributed by atoms with E-state index in [1.165, 1.54) is 11.1 Å². The zero-order chi connectivity index (χ0) is 18.8. The number of nitrogens with zero attached hydrogens (tertiary/aromatic N) is 1. The van der Waals surface area contributed by atoms with Gasteiger partial charge >= 0.3 is 0 Å². The number of amides is 1. The van der Waals surface area contributed by atoms with Gasteiger partial charge in [-0.1, -0.05) is 30.3 Å². The Morgan fingerprint density at radius 3 is 2.42 bits per heavy atom. The summed E-state index contributed by atoms with van der Waals surface area (Å²) in [5, 5.41) is 13.8. The third-order valence-electron chi connectivity index (χ3n) is 5.16. The van der Waals surface area contributed by atoms with Crippen LogP contribution in [0.15, 0.2) is 42.5 Å². The highest BCUT2D eigenvalue weighted by molar-refractivity contribution is 6.02. The van der Waals surface area contributed by atoms with Crippen molar-refractivity contribution in [3.05, 3.63) is 70.4 Å². The predicted octanol–water partition coefficient (Wildman–Crippen LogP) is 3.44. The highest BCUT2D eigenvalue weighted by Crippen LogP contribution is 2.27. The first kappa shape index (κ1) is 18.2. The third-order valence-corrected chi connectivity index (χ3v) is 5.16. The number of benzene rings is 2. The molecule has 1 aromatic heterocycles. The van der Waals surface area contributed by atoms with Gasteiger partial charge in [0.25, 0.3) is 5.91 Å². The fourth-order valence-corrected chi connectivity index (χ4v) is 3.51. The smallest absolute Gasteiger partial charge is 0.268 e. The second-order valence-electron chi connectivity index (χ2n) is 7.03. The minimum atomic E-state index is -0.314. The Morgan fingerprint density at radius 1 is 1.12 bits per heavy atom. The molecule has 1 amide bonds. The van der Waals surface area contributed by atoms with Gasteiger partial charge in [0, 0.05) is 18.0 Å². The lowest BCUT2D eigenvalue weighted by molar-refractivity contribution is 0.0908. The monoisotopic (exact) mass is 350 g/mol. The van der Waals surface area contributed by atoms with Gasteiger partial charge in [0.1, 0.15) is 5.69 Å². The van der Waals surface area contributed by atoms with Gasteiger partial charge in [-0.3, -0.25) is 4.79 Å². The molecule has 3 aromatic rings. The van der Waals surface area contributed by atoms with Crippen molar-refractivity contribution in [2.75, 3.05) is 6.61 Å². The van der Waals surface area contributed by atoms with Crippen LogP contribution in [0.5, 0.6) is 0 Å². The maximum Gasteiger partial charge on any atom is 0.268 e. The number of aryl methyl sites for hydroxylation is 4. The molecule has 1 atom stereocenters. The third kappa shape index (κ3) is 3.37. The van der Waals surface area contributed by atoms with Crippen molar-refractivity contribution < 1.29 is 9.90 Å². The summed E-state index contributed by atoms with van der Waals surface area (Å²) >= 11 is 0. The molecule has 1 unspecified atom stereocenters. The van der Waals surface area contributed by atoms with Crippen molar-refractivity contribution in [2.45, 2.75) is 33.2 Å². The molecule has 2 aromatic carbocycles. The van der Waals surface area contributed by atoms with Crippen molar-refractivity contribution in [2.24, 2.45) is 7.05 Å². The molecule has 136 valence electrons. The number of nitrogens with one attached hydrogen (secondary N) is 1. The summed E-state index contributed by atoms with van der Waals surface area (Å²) in [7, 11) is 1.92. The van der Waals surface area contributed by atoms with E-state index in [9.17, 15) is 9.90 Å². The molecule has 4 nitrogen and oxygen atoms in total. The van der Waals surface area contributed by atoms with Gasteiger partial charge in [0.05, 0.1) is 12.6 Å². The number of carbonyl (C=O) groups excluding carboxylic acids is 1. The van der Waals surface area contributed by atoms with Crippen LogP contribution in [0, 0.1) is 20.8 Å². The van der Waals surface area contributed by atoms with E-state index in [0.29, 0.717) is 12.1 Å². The molecule has 26 heavy (non-hydrogen) atoms. The molecule has 0 bridgehead atoms. The van der Waals surface area contributed by atoms with Crippen molar-refractivity contribution in [3.8, 4) is 0 Å². The zero-order valence-electron chi connectivity index (χ0n) is 15.8. The van der Waals surface area contributed by atoms with Crippen molar-refractivity contribution in [3.63, 3.8) is 0 Å². The molecule has 0 saturated heterocycles. The molecule has 4 heteroatoms. The number of hydrogen-bond donors (Lipinski definition) is 2. The molecule has 0 aliphatic carbocycles. The van der Waals surface area contributed by atoms with E-state index in [1.807, 2.05) is 48.9 Å². The van der Waals surface area contributed by atoms with Crippen LogP contribution < -0.4 is 5.32 Å². The average molecular weight is 350 g/mol. The predicted molar refractivity (Wildman–Crippen MR) is 106 cm³/mol. The second kappa shape index (κ2) is 7.34. The van der Waals surface area contributed by atoms with Gasteiger partial charge in [-0.25, -0.2) is 0 Å². The Hall–Kier alpha value is -2.59. The summed E-state index contributed by atoms with van der Waals surface area (Å²) in [5.41, 5.74) is 6.19. The summed E-state index contributed by atoms with van der Waals surface area (Å²) in [5.74, 6) is -0.147. The van der Waals surface area contributed by atoms with Crippen LogP contribution in [-0.4, -0.2) is 28.2 Å². The molecule has 0 saturated carbocycles. The van der Waals surface area contributed by atoms with Gasteiger partial charge in [-0.05, 0) is 61.6 Å². The molecule has 0 fully saturated rings. The molecule has 0 spiro atoms. The maximum absolute atomic E-state index is 12.9. The fraction of sp³-hybridized carbons (Fsp3) is 0.318. The normalized spacial score (nSPS) is 12.3. The second-order valence-corrected chi connectivity index (χ2v) is 7.03. The van der Waals surface area contributed by atoms with Crippen LogP contribution in [0.1, 0.15) is 32.7 Å². The number of hydrogen-bond acceptors (Lipinski definition) is 2. The summed E-state index contributed by atoms with van der Waals surface area (Å²) in [6, 6.07) is 13.8. The van der Waals surface area contributed by atoms with Gasteiger partial charge in [-0.15, -0.1) is 0 Å². The van der Waals surface area contributed by atoms with E-state index in [1.54, 1.807) is 0 Å². The quantitative estimate of drug-likeness (QED) is 0.741.